The van der Waals surface area contributed by atoms with Gasteiger partial charge in [0, 0.05) is 28.4 Å². The van der Waals surface area contributed by atoms with E-state index in [9.17, 15) is 4.39 Å². The van der Waals surface area contributed by atoms with Gasteiger partial charge in [0.25, 0.3) is 0 Å². The van der Waals surface area contributed by atoms with Crippen molar-refractivity contribution in [3.05, 3.63) is 156 Å². The molecular weight excluding hydrogens is 539 g/mol. The molecule has 2 nitrogen and oxygen atoms in total. The molecule has 2 aromatic heterocycles. The highest BCUT2D eigenvalue weighted by molar-refractivity contribution is 6.19. The van der Waals surface area contributed by atoms with Gasteiger partial charge in [-0.1, -0.05) is 109 Å². The Morgan fingerprint density at radius 3 is 1.98 bits per heavy atom. The Kier molecular flexibility index (Phi) is 5.54. The number of nitrogens with zero attached hydrogens (tertiary/aromatic N) is 2. The van der Waals surface area contributed by atoms with Crippen LogP contribution in [0.5, 0.6) is 0 Å². The SMILES string of the molecule is Fc1ccc(-c2c3ccccc3c(C3C=c4c(c5ncccc5n4-c4ccccc4)=CC3)c3ccccc23)c2ccccc12. The number of halogens is 1. The van der Waals surface area contributed by atoms with E-state index in [1.165, 1.54) is 37.7 Å². The average Bonchev–Trinajstić information content (AvgIpc) is 3.42. The van der Waals surface area contributed by atoms with E-state index in [2.05, 4.69) is 102 Å². The normalized spacial score (nSPS) is 14.5. The third kappa shape index (κ3) is 3.62. The first kappa shape index (κ1) is 25.0. The molecule has 0 spiro atoms. The van der Waals surface area contributed by atoms with Crippen molar-refractivity contribution >= 4 is 55.5 Å². The molecule has 0 aliphatic heterocycles. The van der Waals surface area contributed by atoms with Crippen LogP contribution in [-0.2, 0) is 0 Å². The van der Waals surface area contributed by atoms with Crippen LogP contribution in [0.25, 0.3) is 72.3 Å². The van der Waals surface area contributed by atoms with Gasteiger partial charge >= 0.3 is 0 Å². The molecule has 0 saturated carbocycles. The molecule has 1 aliphatic carbocycles. The summed E-state index contributed by atoms with van der Waals surface area (Å²) >= 11 is 0. The van der Waals surface area contributed by atoms with Crippen molar-refractivity contribution in [2.75, 3.05) is 0 Å². The fraction of sp³-hybridized carbons (Fsp3) is 0.0488. The maximum Gasteiger partial charge on any atom is 0.131 e. The van der Waals surface area contributed by atoms with E-state index in [0.29, 0.717) is 5.39 Å². The quantitative estimate of drug-likeness (QED) is 0.195. The van der Waals surface area contributed by atoms with Gasteiger partial charge in [0.2, 0.25) is 0 Å². The highest BCUT2D eigenvalue weighted by atomic mass is 19.1. The minimum atomic E-state index is -0.193. The van der Waals surface area contributed by atoms with Crippen LogP contribution in [0.4, 0.5) is 4.39 Å². The summed E-state index contributed by atoms with van der Waals surface area (Å²) in [6, 6.07) is 43.6. The van der Waals surface area contributed by atoms with E-state index < -0.39 is 0 Å². The molecule has 3 heteroatoms. The first-order chi connectivity index (χ1) is 21.8. The fourth-order valence-corrected chi connectivity index (χ4v) is 7.41. The van der Waals surface area contributed by atoms with Gasteiger partial charge in [0.05, 0.1) is 16.4 Å². The lowest BCUT2D eigenvalue weighted by Gasteiger charge is -2.23. The number of rotatable bonds is 3. The lowest BCUT2D eigenvalue weighted by atomic mass is 9.81. The molecular formula is C41H27FN2. The first-order valence-corrected chi connectivity index (χ1v) is 15.1. The van der Waals surface area contributed by atoms with Crippen LogP contribution in [0.15, 0.2) is 134 Å². The maximum absolute atomic E-state index is 15.0. The Labute approximate surface area is 253 Å². The van der Waals surface area contributed by atoms with E-state index in [-0.39, 0.29) is 11.7 Å². The van der Waals surface area contributed by atoms with Crippen LogP contribution in [0.1, 0.15) is 17.9 Å². The second kappa shape index (κ2) is 9.75. The summed E-state index contributed by atoms with van der Waals surface area (Å²) in [4.78, 5) is 4.82. The van der Waals surface area contributed by atoms with Crippen LogP contribution < -0.4 is 10.6 Å². The molecule has 0 bridgehead atoms. The lowest BCUT2D eigenvalue weighted by molar-refractivity contribution is 0.640. The number of para-hydroxylation sites is 1. The molecule has 208 valence electrons. The standard InChI is InChI=1S/C41H27FN2/c42-36-23-22-34(28-13-4-5-14-29(28)36)40-32-17-8-6-15-30(32)39(31-16-7-9-18-33(31)40)26-20-21-35-38(25-26)44(27-11-2-1-3-12-27)37-19-10-24-43-41(35)37/h1-19,21-26H,20H2. The molecule has 44 heavy (non-hydrogen) atoms. The van der Waals surface area contributed by atoms with Crippen molar-refractivity contribution in [2.24, 2.45) is 0 Å². The minimum Gasteiger partial charge on any atom is -0.308 e. The molecule has 0 saturated heterocycles. The Hall–Kier alpha value is -5.54. The Bertz CT molecular complexity index is 2490. The minimum absolute atomic E-state index is 0.156. The molecule has 0 fully saturated rings. The van der Waals surface area contributed by atoms with Gasteiger partial charge in [-0.2, -0.15) is 0 Å². The highest BCUT2D eigenvalue weighted by Crippen LogP contribution is 2.45. The number of hydrogen-bond donors (Lipinski definition) is 0. The van der Waals surface area contributed by atoms with E-state index in [0.717, 1.165) is 39.7 Å². The second-order valence-corrected chi connectivity index (χ2v) is 11.6. The van der Waals surface area contributed by atoms with Crippen molar-refractivity contribution in [3.8, 4) is 16.8 Å². The summed E-state index contributed by atoms with van der Waals surface area (Å²) < 4.78 is 17.3. The predicted octanol–water partition coefficient (Wildman–Crippen LogP) is 9.04. The smallest absolute Gasteiger partial charge is 0.131 e. The molecule has 0 N–H and O–H groups in total. The number of benzene rings is 6. The average molecular weight is 567 g/mol. The number of pyridine rings is 1. The van der Waals surface area contributed by atoms with Gasteiger partial charge in [0.1, 0.15) is 5.82 Å². The summed E-state index contributed by atoms with van der Waals surface area (Å²) in [5, 5.41) is 8.78. The lowest BCUT2D eigenvalue weighted by Crippen LogP contribution is -2.32. The van der Waals surface area contributed by atoms with Gasteiger partial charge in [-0.15, -0.1) is 0 Å². The number of aromatic nitrogens is 2. The van der Waals surface area contributed by atoms with Gasteiger partial charge in [-0.25, -0.2) is 4.39 Å². The largest absolute Gasteiger partial charge is 0.308 e. The topological polar surface area (TPSA) is 17.8 Å². The maximum atomic E-state index is 15.0. The molecule has 1 unspecified atom stereocenters. The zero-order chi connectivity index (χ0) is 29.2. The van der Waals surface area contributed by atoms with E-state index >= 15 is 0 Å². The molecule has 6 aromatic carbocycles. The van der Waals surface area contributed by atoms with Crippen LogP contribution in [0.3, 0.4) is 0 Å². The highest BCUT2D eigenvalue weighted by Gasteiger charge is 2.23. The Balaban J connectivity index is 1.37. The zero-order valence-electron chi connectivity index (χ0n) is 23.9. The van der Waals surface area contributed by atoms with Gasteiger partial charge in [0.15, 0.2) is 0 Å². The molecule has 0 amide bonds. The van der Waals surface area contributed by atoms with Crippen LogP contribution in [0, 0.1) is 5.82 Å². The summed E-state index contributed by atoms with van der Waals surface area (Å²) in [5.41, 5.74) is 6.81. The first-order valence-electron chi connectivity index (χ1n) is 15.1. The summed E-state index contributed by atoms with van der Waals surface area (Å²) in [5.74, 6) is -0.0379. The van der Waals surface area contributed by atoms with Crippen LogP contribution in [0.2, 0.25) is 0 Å². The molecule has 0 radical (unpaired) electrons. The van der Waals surface area contributed by atoms with Gasteiger partial charge < -0.3 is 4.57 Å². The summed E-state index contributed by atoms with van der Waals surface area (Å²) in [6.45, 7) is 0. The van der Waals surface area contributed by atoms with Crippen molar-refractivity contribution in [1.82, 2.24) is 9.55 Å². The third-order valence-electron chi connectivity index (χ3n) is 9.23. The monoisotopic (exact) mass is 566 g/mol. The van der Waals surface area contributed by atoms with Crippen LogP contribution in [-0.4, -0.2) is 9.55 Å². The number of fused-ring (bicyclic) bond motifs is 6. The van der Waals surface area contributed by atoms with Gasteiger partial charge in [-0.05, 0) is 80.4 Å². The summed E-state index contributed by atoms with van der Waals surface area (Å²) in [6.07, 6.45) is 7.59. The van der Waals surface area contributed by atoms with E-state index in [4.69, 9.17) is 4.98 Å². The molecule has 1 atom stereocenters. The Morgan fingerprint density at radius 1 is 0.614 bits per heavy atom. The second-order valence-electron chi connectivity index (χ2n) is 11.6. The molecule has 1 aliphatic rings. The summed E-state index contributed by atoms with van der Waals surface area (Å²) in [7, 11) is 0. The molecule has 8 aromatic rings. The van der Waals surface area contributed by atoms with E-state index in [1.54, 1.807) is 6.07 Å². The number of hydrogen-bond acceptors (Lipinski definition) is 1. The molecule has 2 heterocycles. The van der Waals surface area contributed by atoms with Crippen molar-refractivity contribution < 1.29 is 4.39 Å². The van der Waals surface area contributed by atoms with Gasteiger partial charge in [-0.3, -0.25) is 4.98 Å². The molecule has 9 rings (SSSR count). The van der Waals surface area contributed by atoms with Crippen molar-refractivity contribution in [3.63, 3.8) is 0 Å². The fourth-order valence-electron chi connectivity index (χ4n) is 7.41. The predicted molar refractivity (Wildman–Crippen MR) is 181 cm³/mol. The van der Waals surface area contributed by atoms with Crippen molar-refractivity contribution in [2.45, 2.75) is 12.3 Å². The zero-order valence-corrected chi connectivity index (χ0v) is 23.9. The van der Waals surface area contributed by atoms with Crippen molar-refractivity contribution in [1.29, 1.82) is 0 Å². The third-order valence-corrected chi connectivity index (χ3v) is 9.23. The van der Waals surface area contributed by atoms with E-state index in [1.807, 2.05) is 42.6 Å². The Morgan fingerprint density at radius 2 is 1.25 bits per heavy atom. The van der Waals surface area contributed by atoms with Crippen LogP contribution >= 0.6 is 0 Å².